The summed E-state index contributed by atoms with van der Waals surface area (Å²) in [6.45, 7) is 5.22. The van der Waals surface area contributed by atoms with Crippen LogP contribution in [0.4, 0.5) is 11.4 Å². The molecule has 0 saturated heterocycles. The molecule has 42 heavy (non-hydrogen) atoms. The Morgan fingerprint density at radius 3 is 1.29 bits per heavy atom. The van der Waals surface area contributed by atoms with Crippen molar-refractivity contribution in [3.8, 4) is 11.5 Å². The quantitative estimate of drug-likeness (QED) is 0.0912. The molecule has 0 bridgehead atoms. The first-order valence-corrected chi connectivity index (χ1v) is 16.8. The van der Waals surface area contributed by atoms with E-state index >= 15 is 0 Å². The number of phenols is 2. The largest absolute Gasteiger partial charge is 0.506 e. The van der Waals surface area contributed by atoms with E-state index in [1.807, 2.05) is 0 Å². The van der Waals surface area contributed by atoms with E-state index in [1.54, 1.807) is 26.0 Å². The third-order valence-electron chi connectivity index (χ3n) is 6.40. The van der Waals surface area contributed by atoms with Gasteiger partial charge in [0.05, 0.1) is 36.1 Å². The Hall–Kier alpha value is -2.04. The number of rotatable bonds is 17. The van der Waals surface area contributed by atoms with Crippen molar-refractivity contribution in [2.24, 2.45) is 0 Å². The van der Waals surface area contributed by atoms with E-state index in [-0.39, 0.29) is 60.8 Å². The first-order valence-electron chi connectivity index (χ1n) is 13.0. The van der Waals surface area contributed by atoms with Gasteiger partial charge in [0.2, 0.25) is 20.0 Å². The number of aliphatic hydroxyl groups is 2. The molecule has 0 aliphatic rings. The second-order valence-corrected chi connectivity index (χ2v) is 13.4. The summed E-state index contributed by atoms with van der Waals surface area (Å²) in [7, 11) is -7.16. The molecule has 0 aromatic heterocycles. The molecule has 0 aliphatic carbocycles. The van der Waals surface area contributed by atoms with Crippen LogP contribution in [0.25, 0.3) is 0 Å². The van der Waals surface area contributed by atoms with Crippen molar-refractivity contribution in [3.63, 3.8) is 0 Å². The van der Waals surface area contributed by atoms with Crippen LogP contribution in [-0.2, 0) is 20.0 Å². The van der Waals surface area contributed by atoms with Gasteiger partial charge in [-0.2, -0.15) is 0 Å². The number of hydrogen-bond donors (Lipinski definition) is 8. The van der Waals surface area contributed by atoms with E-state index in [1.165, 1.54) is 12.1 Å². The summed E-state index contributed by atoms with van der Waals surface area (Å²) >= 11 is 0. The molecular formula is C26H44Cl2N4O8S2. The maximum absolute atomic E-state index is 11.6. The number of anilines is 2. The van der Waals surface area contributed by atoms with Crippen molar-refractivity contribution in [2.45, 2.75) is 51.7 Å². The zero-order chi connectivity index (χ0) is 30.1. The zero-order valence-electron chi connectivity index (χ0n) is 24.2. The standard InChI is InChI=1S/C26H42N4O8S2.2ClH/c1-17-19(9-11-21(31)25(17)29-39(3,35)36)23(33)15-27-13-7-5-6-8-14-28-16-24(34)20-10-12-22(32)26(18(20)2)30-40(4,37)38;;/h9-12,23-24,27-34H,5-8,13-16H2,1-4H3;2*1H. The second kappa shape index (κ2) is 17.9. The highest BCUT2D eigenvalue weighted by atomic mass is 35.5. The number of aliphatic hydroxyl groups excluding tert-OH is 2. The molecule has 2 atom stereocenters. The highest BCUT2D eigenvalue weighted by Gasteiger charge is 2.19. The molecule has 12 nitrogen and oxygen atoms in total. The first-order chi connectivity index (χ1) is 18.6. The second-order valence-electron chi connectivity index (χ2n) is 9.95. The smallest absolute Gasteiger partial charge is 0.229 e. The number of halogens is 2. The molecule has 2 aromatic rings. The van der Waals surface area contributed by atoms with Gasteiger partial charge in [-0.15, -0.1) is 24.8 Å². The van der Waals surface area contributed by atoms with Gasteiger partial charge in [-0.1, -0.05) is 25.0 Å². The minimum Gasteiger partial charge on any atom is -0.506 e. The monoisotopic (exact) mass is 674 g/mol. The van der Waals surface area contributed by atoms with Crippen LogP contribution in [0.5, 0.6) is 11.5 Å². The summed E-state index contributed by atoms with van der Waals surface area (Å²) in [5.41, 5.74) is 2.09. The number of phenolic OH excluding ortho intramolecular Hbond substituents is 2. The number of sulfonamides is 2. The van der Waals surface area contributed by atoms with Gasteiger partial charge in [0.1, 0.15) is 11.5 Å². The van der Waals surface area contributed by atoms with Crippen molar-refractivity contribution in [1.82, 2.24) is 10.6 Å². The van der Waals surface area contributed by atoms with Gasteiger partial charge in [-0.3, -0.25) is 9.44 Å². The van der Waals surface area contributed by atoms with Crippen LogP contribution in [0.1, 0.15) is 60.1 Å². The van der Waals surface area contributed by atoms with Crippen LogP contribution in [0, 0.1) is 13.8 Å². The molecule has 0 heterocycles. The van der Waals surface area contributed by atoms with E-state index in [9.17, 15) is 37.3 Å². The van der Waals surface area contributed by atoms with Gasteiger partial charge >= 0.3 is 0 Å². The van der Waals surface area contributed by atoms with E-state index in [0.29, 0.717) is 35.3 Å². The van der Waals surface area contributed by atoms with Crippen LogP contribution in [0.3, 0.4) is 0 Å². The summed E-state index contributed by atoms with van der Waals surface area (Å²) in [5, 5.41) is 47.4. The van der Waals surface area contributed by atoms with Crippen LogP contribution in [-0.4, -0.2) is 76.0 Å². The summed E-state index contributed by atoms with van der Waals surface area (Å²) < 4.78 is 50.8. The fourth-order valence-corrected chi connectivity index (χ4v) is 5.59. The molecule has 242 valence electrons. The van der Waals surface area contributed by atoms with Gasteiger partial charge in [0, 0.05) is 13.1 Å². The van der Waals surface area contributed by atoms with Gasteiger partial charge in [-0.05, 0) is 74.2 Å². The Kier molecular flexibility index (Phi) is 17.1. The molecule has 0 spiro atoms. The summed E-state index contributed by atoms with van der Waals surface area (Å²) in [6.07, 6.45) is 3.97. The lowest BCUT2D eigenvalue weighted by Crippen LogP contribution is -2.24. The molecule has 0 radical (unpaired) electrons. The Morgan fingerprint density at radius 2 is 0.976 bits per heavy atom. The summed E-state index contributed by atoms with van der Waals surface area (Å²) in [6, 6.07) is 5.85. The van der Waals surface area contributed by atoms with E-state index < -0.39 is 32.3 Å². The first kappa shape index (κ1) is 40.0. The van der Waals surface area contributed by atoms with Crippen molar-refractivity contribution in [2.75, 3.05) is 48.1 Å². The average molecular weight is 676 g/mol. The molecule has 0 aliphatic heterocycles. The highest BCUT2D eigenvalue weighted by molar-refractivity contribution is 7.92. The molecule has 2 unspecified atom stereocenters. The fraction of sp³-hybridized carbons (Fsp3) is 0.538. The number of nitrogens with one attached hydrogen (secondary N) is 4. The maximum atomic E-state index is 11.6. The molecule has 0 saturated carbocycles. The van der Waals surface area contributed by atoms with Gasteiger partial charge in [0.15, 0.2) is 0 Å². The lowest BCUT2D eigenvalue weighted by Gasteiger charge is -2.19. The van der Waals surface area contributed by atoms with Gasteiger partial charge < -0.3 is 31.1 Å². The van der Waals surface area contributed by atoms with E-state index in [2.05, 4.69) is 20.1 Å². The van der Waals surface area contributed by atoms with Crippen LogP contribution in [0.2, 0.25) is 0 Å². The molecule has 2 rings (SSSR count). The lowest BCUT2D eigenvalue weighted by atomic mass is 10.0. The minimum atomic E-state index is -3.58. The van der Waals surface area contributed by atoms with E-state index in [0.717, 1.165) is 38.2 Å². The van der Waals surface area contributed by atoms with Crippen molar-refractivity contribution >= 4 is 56.2 Å². The summed E-state index contributed by atoms with van der Waals surface area (Å²) in [4.78, 5) is 0. The molecular weight excluding hydrogens is 631 g/mol. The highest BCUT2D eigenvalue weighted by Crippen LogP contribution is 2.34. The van der Waals surface area contributed by atoms with Crippen molar-refractivity contribution < 1.29 is 37.3 Å². The predicted octanol–water partition coefficient (Wildman–Crippen LogP) is 2.81. The van der Waals surface area contributed by atoms with Crippen LogP contribution < -0.4 is 20.1 Å². The minimum absolute atomic E-state index is 0. The predicted molar refractivity (Wildman–Crippen MR) is 171 cm³/mol. The lowest BCUT2D eigenvalue weighted by molar-refractivity contribution is 0.173. The number of unbranched alkanes of at least 4 members (excludes halogenated alkanes) is 3. The SMILES string of the molecule is Cc1c(C(O)CNCCCCCCNCC(O)c2ccc(O)c(NS(C)(=O)=O)c2C)ccc(O)c1NS(C)(=O)=O.Cl.Cl. The zero-order valence-corrected chi connectivity index (χ0v) is 27.4. The Morgan fingerprint density at radius 1 is 0.643 bits per heavy atom. The molecule has 8 N–H and O–H groups in total. The molecule has 0 amide bonds. The fourth-order valence-electron chi connectivity index (χ4n) is 4.33. The normalized spacial score (nSPS) is 13.0. The third-order valence-corrected chi connectivity index (χ3v) is 7.55. The molecule has 0 fully saturated rings. The van der Waals surface area contributed by atoms with E-state index in [4.69, 9.17) is 0 Å². The molecule has 16 heteroatoms. The van der Waals surface area contributed by atoms with Gasteiger partial charge in [0.25, 0.3) is 0 Å². The number of hydrogen-bond acceptors (Lipinski definition) is 10. The van der Waals surface area contributed by atoms with Crippen molar-refractivity contribution in [3.05, 3.63) is 46.5 Å². The third kappa shape index (κ3) is 13.1. The summed E-state index contributed by atoms with van der Waals surface area (Å²) in [5.74, 6) is -0.412. The Labute approximate surface area is 261 Å². The Balaban J connectivity index is 0.00000840. The average Bonchev–Trinajstić information content (AvgIpc) is 2.84. The van der Waals surface area contributed by atoms with Crippen LogP contribution >= 0.6 is 24.8 Å². The number of benzene rings is 2. The van der Waals surface area contributed by atoms with Crippen molar-refractivity contribution in [1.29, 1.82) is 0 Å². The Bertz CT molecular complexity index is 1260. The maximum Gasteiger partial charge on any atom is 0.229 e. The molecule has 2 aromatic carbocycles. The number of aromatic hydroxyl groups is 2. The van der Waals surface area contributed by atoms with Crippen LogP contribution in [0.15, 0.2) is 24.3 Å². The topological polar surface area (TPSA) is 197 Å². The van der Waals surface area contributed by atoms with Gasteiger partial charge in [-0.25, -0.2) is 16.8 Å².